The molecule has 0 saturated heterocycles. The number of nitrogens with one attached hydrogen (secondary N) is 2. The van der Waals surface area contributed by atoms with Gasteiger partial charge in [-0.3, -0.25) is 30.6 Å². The van der Waals surface area contributed by atoms with Gasteiger partial charge in [-0.1, -0.05) is 33.6 Å². The van der Waals surface area contributed by atoms with Gasteiger partial charge in [0.25, 0.3) is 17.5 Å². The first kappa shape index (κ1) is 20.6. The molecule has 3 aromatic rings. The van der Waals surface area contributed by atoms with Crippen molar-refractivity contribution in [3.05, 3.63) is 79.3 Å². The van der Waals surface area contributed by atoms with Crippen molar-refractivity contribution in [2.75, 3.05) is 7.11 Å². The number of ether oxygens (including phenoxy) is 1. The lowest BCUT2D eigenvalue weighted by Gasteiger charge is -2.12. The molecule has 3 rings (SSSR count). The van der Waals surface area contributed by atoms with Crippen molar-refractivity contribution in [3.8, 4) is 5.75 Å². The Hall–Kier alpha value is -3.17. The van der Waals surface area contributed by atoms with E-state index in [2.05, 4.69) is 26.8 Å². The van der Waals surface area contributed by atoms with Crippen LogP contribution in [0.2, 0.25) is 5.02 Å². The average Bonchev–Trinajstić information content (AvgIpc) is 2.70. The van der Waals surface area contributed by atoms with Crippen molar-refractivity contribution >= 4 is 55.8 Å². The smallest absolute Gasteiger partial charge is 0.273 e. The summed E-state index contributed by atoms with van der Waals surface area (Å²) in [6.45, 7) is 0. The summed E-state index contributed by atoms with van der Waals surface area (Å²) in [5.41, 5.74) is 4.23. The molecule has 10 heteroatoms. The molecule has 2 N–H and O–H groups in total. The molecule has 8 nitrogen and oxygen atoms in total. The number of halogens is 2. The highest BCUT2D eigenvalue weighted by molar-refractivity contribution is 9.10. The molecule has 0 aliphatic rings. The minimum atomic E-state index is -0.797. The number of nitro benzene ring substituents is 1. The van der Waals surface area contributed by atoms with Crippen LogP contribution in [-0.2, 0) is 0 Å². The fraction of sp³-hybridized carbons (Fsp3) is 0.0526. The van der Waals surface area contributed by atoms with Crippen LogP contribution in [0.3, 0.4) is 0 Å². The van der Waals surface area contributed by atoms with Crippen molar-refractivity contribution < 1.29 is 19.2 Å². The third-order valence-corrected chi connectivity index (χ3v) is 4.88. The maximum absolute atomic E-state index is 12.6. The molecule has 0 aliphatic carbocycles. The summed E-state index contributed by atoms with van der Waals surface area (Å²) in [6.07, 6.45) is 0. The van der Waals surface area contributed by atoms with Crippen LogP contribution in [0.5, 0.6) is 5.75 Å². The molecule has 0 aliphatic heterocycles. The number of carbonyl (C=O) groups is 2. The Morgan fingerprint density at radius 2 is 1.69 bits per heavy atom. The first-order valence-corrected chi connectivity index (χ1v) is 9.29. The number of hydrogen-bond acceptors (Lipinski definition) is 5. The molecule has 0 heterocycles. The van der Waals surface area contributed by atoms with Crippen LogP contribution < -0.4 is 15.6 Å². The van der Waals surface area contributed by atoms with Crippen molar-refractivity contribution in [1.82, 2.24) is 10.9 Å². The Bertz CT molecular complexity index is 1150. The summed E-state index contributed by atoms with van der Waals surface area (Å²) < 4.78 is 6.12. The average molecular weight is 479 g/mol. The number of nitro groups is 1. The largest absolute Gasteiger partial charge is 0.496 e. The van der Waals surface area contributed by atoms with Gasteiger partial charge in [0.1, 0.15) is 5.75 Å². The molecule has 0 bridgehead atoms. The second-order valence-electron chi connectivity index (χ2n) is 5.87. The second-order valence-corrected chi connectivity index (χ2v) is 7.20. The monoisotopic (exact) mass is 477 g/mol. The zero-order chi connectivity index (χ0) is 21.1. The third kappa shape index (κ3) is 4.47. The molecule has 0 aromatic heterocycles. The Morgan fingerprint density at radius 1 is 1.00 bits per heavy atom. The normalized spacial score (nSPS) is 10.4. The van der Waals surface area contributed by atoms with Crippen molar-refractivity contribution in [2.45, 2.75) is 0 Å². The van der Waals surface area contributed by atoms with E-state index in [9.17, 15) is 19.7 Å². The summed E-state index contributed by atoms with van der Waals surface area (Å²) in [4.78, 5) is 35.1. The van der Waals surface area contributed by atoms with E-state index in [0.29, 0.717) is 5.75 Å². The van der Waals surface area contributed by atoms with Crippen LogP contribution in [-0.4, -0.2) is 23.8 Å². The van der Waals surface area contributed by atoms with Gasteiger partial charge in [0, 0.05) is 16.6 Å². The number of amides is 2. The van der Waals surface area contributed by atoms with Gasteiger partial charge in [-0.2, -0.15) is 0 Å². The first-order chi connectivity index (χ1) is 13.8. The summed E-state index contributed by atoms with van der Waals surface area (Å²) >= 11 is 9.31. The maximum Gasteiger partial charge on any atom is 0.273 e. The van der Waals surface area contributed by atoms with Crippen LogP contribution in [0.25, 0.3) is 10.8 Å². The summed E-state index contributed by atoms with van der Waals surface area (Å²) in [6, 6.07) is 12.3. The van der Waals surface area contributed by atoms with Gasteiger partial charge in [0.05, 0.1) is 28.2 Å². The van der Waals surface area contributed by atoms with Crippen LogP contribution >= 0.6 is 27.5 Å². The summed E-state index contributed by atoms with van der Waals surface area (Å²) in [5, 5.41) is 12.6. The highest BCUT2D eigenvalue weighted by Gasteiger charge is 2.18. The maximum atomic E-state index is 12.6. The van der Waals surface area contributed by atoms with Gasteiger partial charge in [-0.25, -0.2) is 0 Å². The van der Waals surface area contributed by atoms with Crippen LogP contribution in [0.15, 0.2) is 53.0 Å². The molecular formula is C19H13BrClN3O5. The van der Waals surface area contributed by atoms with Crippen LogP contribution in [0.1, 0.15) is 20.7 Å². The van der Waals surface area contributed by atoms with Gasteiger partial charge >= 0.3 is 0 Å². The highest BCUT2D eigenvalue weighted by atomic mass is 79.9. The number of hydrazine groups is 1. The zero-order valence-electron chi connectivity index (χ0n) is 14.9. The van der Waals surface area contributed by atoms with E-state index in [1.807, 2.05) is 18.2 Å². The number of hydrogen-bond donors (Lipinski definition) is 2. The van der Waals surface area contributed by atoms with E-state index in [0.717, 1.165) is 21.3 Å². The molecule has 0 saturated carbocycles. The number of rotatable bonds is 4. The molecule has 0 atom stereocenters. The number of fused-ring (bicyclic) bond motifs is 1. The molecule has 0 fully saturated rings. The molecule has 3 aromatic carbocycles. The van der Waals surface area contributed by atoms with E-state index in [4.69, 9.17) is 16.3 Å². The molecule has 29 heavy (non-hydrogen) atoms. The Kier molecular flexibility index (Phi) is 6.00. The number of methoxy groups -OCH3 is 1. The lowest BCUT2D eigenvalue weighted by Crippen LogP contribution is -2.41. The Labute approximate surface area is 178 Å². The quantitative estimate of drug-likeness (QED) is 0.430. The summed E-state index contributed by atoms with van der Waals surface area (Å²) in [5.74, 6) is -1.10. The fourth-order valence-corrected chi connectivity index (χ4v) is 3.23. The predicted molar refractivity (Wildman–Crippen MR) is 111 cm³/mol. The van der Waals surface area contributed by atoms with E-state index < -0.39 is 16.7 Å². The minimum Gasteiger partial charge on any atom is -0.496 e. The van der Waals surface area contributed by atoms with Gasteiger partial charge in [-0.05, 0) is 41.1 Å². The number of nitrogens with zero attached hydrogens (tertiary/aromatic N) is 1. The van der Waals surface area contributed by atoms with Crippen LogP contribution in [0.4, 0.5) is 5.69 Å². The van der Waals surface area contributed by atoms with Gasteiger partial charge < -0.3 is 4.74 Å². The molecule has 0 unspecified atom stereocenters. The third-order valence-electron chi connectivity index (χ3n) is 4.06. The Balaban J connectivity index is 1.83. The van der Waals surface area contributed by atoms with Crippen LogP contribution in [0, 0.1) is 10.1 Å². The molecule has 148 valence electrons. The molecule has 2 amide bonds. The summed E-state index contributed by atoms with van der Waals surface area (Å²) in [7, 11) is 1.43. The first-order valence-electron chi connectivity index (χ1n) is 8.12. The van der Waals surface area contributed by atoms with E-state index in [1.165, 1.54) is 19.2 Å². The zero-order valence-corrected chi connectivity index (χ0v) is 17.2. The fourth-order valence-electron chi connectivity index (χ4n) is 2.64. The standard InChI is InChI=1S/C19H13BrClN3O5/c1-29-17-8-10-2-3-12(20)6-11(10)7-15(17)19(26)23-22-18(25)14-9-13(24(27)28)4-5-16(14)21/h2-9H,1H3,(H,22,25)(H,23,26). The van der Waals surface area contributed by atoms with Crippen molar-refractivity contribution in [1.29, 1.82) is 0 Å². The SMILES string of the molecule is COc1cc2ccc(Br)cc2cc1C(=O)NNC(=O)c1cc([N+](=O)[O-])ccc1Cl. The second kappa shape index (κ2) is 8.46. The van der Waals surface area contributed by atoms with Crippen molar-refractivity contribution in [2.24, 2.45) is 0 Å². The van der Waals surface area contributed by atoms with Gasteiger partial charge in [-0.15, -0.1) is 0 Å². The van der Waals surface area contributed by atoms with Gasteiger partial charge in [0.2, 0.25) is 0 Å². The lowest BCUT2D eigenvalue weighted by molar-refractivity contribution is -0.384. The topological polar surface area (TPSA) is 111 Å². The van der Waals surface area contributed by atoms with Crippen molar-refractivity contribution in [3.63, 3.8) is 0 Å². The molecule has 0 spiro atoms. The minimum absolute atomic E-state index is 0.00971. The highest BCUT2D eigenvalue weighted by Crippen LogP contribution is 2.28. The van der Waals surface area contributed by atoms with Gasteiger partial charge in [0.15, 0.2) is 0 Å². The predicted octanol–water partition coefficient (Wildman–Crippen LogP) is 4.25. The van der Waals surface area contributed by atoms with E-state index in [-0.39, 0.29) is 21.8 Å². The molecular weight excluding hydrogens is 466 g/mol. The van der Waals surface area contributed by atoms with E-state index in [1.54, 1.807) is 12.1 Å². The lowest BCUT2D eigenvalue weighted by atomic mass is 10.1. The number of non-ortho nitro benzene ring substituents is 1. The Morgan fingerprint density at radius 3 is 2.34 bits per heavy atom. The van der Waals surface area contributed by atoms with E-state index >= 15 is 0 Å². The number of carbonyl (C=O) groups excluding carboxylic acids is 2. The number of benzene rings is 3. The molecule has 0 radical (unpaired) electrons.